The zero-order valence-electron chi connectivity index (χ0n) is 14.9. The quantitative estimate of drug-likeness (QED) is 0.417. The van der Waals surface area contributed by atoms with Gasteiger partial charge in [0.1, 0.15) is 12.4 Å². The molecule has 0 aliphatic carbocycles. The number of hydrogen-bond acceptors (Lipinski definition) is 4. The van der Waals surface area contributed by atoms with Gasteiger partial charge < -0.3 is 15.4 Å². The number of aromatic nitrogens is 1. The fraction of sp³-hybridized carbons (Fsp3) is 0.444. The number of para-hydroxylation sites is 1. The van der Waals surface area contributed by atoms with Crippen LogP contribution in [-0.4, -0.2) is 37.2 Å². The van der Waals surface area contributed by atoms with E-state index < -0.39 is 0 Å². The number of halogens is 1. The summed E-state index contributed by atoms with van der Waals surface area (Å²) in [5.74, 6) is 1.48. The lowest BCUT2D eigenvalue weighted by Gasteiger charge is -2.12. The molecule has 5 nitrogen and oxygen atoms in total. The second-order valence-corrected chi connectivity index (χ2v) is 7.16. The molecule has 0 bridgehead atoms. The van der Waals surface area contributed by atoms with Gasteiger partial charge in [-0.3, -0.25) is 4.99 Å². The van der Waals surface area contributed by atoms with Gasteiger partial charge in [0, 0.05) is 24.4 Å². The molecule has 0 radical (unpaired) electrons. The fourth-order valence-corrected chi connectivity index (χ4v) is 3.26. The molecule has 1 aromatic carbocycles. The summed E-state index contributed by atoms with van der Waals surface area (Å²) in [5, 5.41) is 8.26. The molecule has 0 fully saturated rings. The normalized spacial score (nSPS) is 11.4. The minimum absolute atomic E-state index is 0.513. The molecule has 25 heavy (non-hydrogen) atoms. The number of nitrogens with zero attached hydrogens (tertiary/aromatic N) is 2. The second-order valence-electron chi connectivity index (χ2n) is 5.47. The molecular weight excluding hydrogens is 356 g/mol. The standard InChI is InChI=1S/C18H25ClN4OS/c1-4-20-18(21-10-9-17-23-13(2)14(3)25-17)22-11-12-24-16-8-6-5-7-15(16)19/h5-8H,4,9-12H2,1-3H3,(H2,20,21,22). The van der Waals surface area contributed by atoms with Crippen molar-refractivity contribution < 1.29 is 4.74 Å². The third kappa shape index (κ3) is 6.55. The van der Waals surface area contributed by atoms with Crippen LogP contribution >= 0.6 is 22.9 Å². The summed E-state index contributed by atoms with van der Waals surface area (Å²) in [5.41, 5.74) is 1.12. The number of hydrogen-bond donors (Lipinski definition) is 2. The van der Waals surface area contributed by atoms with Gasteiger partial charge in [0.05, 0.1) is 22.3 Å². The number of aryl methyl sites for hydroxylation is 2. The molecule has 7 heteroatoms. The topological polar surface area (TPSA) is 58.5 Å². The first-order valence-corrected chi connectivity index (χ1v) is 9.62. The summed E-state index contributed by atoms with van der Waals surface area (Å²) in [6.07, 6.45) is 0.853. The molecule has 0 unspecified atom stereocenters. The first-order valence-electron chi connectivity index (χ1n) is 8.42. The van der Waals surface area contributed by atoms with Crippen molar-refractivity contribution in [3.05, 3.63) is 44.9 Å². The summed E-state index contributed by atoms with van der Waals surface area (Å²) >= 11 is 7.81. The maximum absolute atomic E-state index is 6.07. The van der Waals surface area contributed by atoms with E-state index in [1.54, 1.807) is 11.3 Å². The van der Waals surface area contributed by atoms with Gasteiger partial charge in [0.15, 0.2) is 5.96 Å². The van der Waals surface area contributed by atoms with E-state index in [1.807, 2.05) is 38.1 Å². The Morgan fingerprint density at radius 2 is 2.08 bits per heavy atom. The van der Waals surface area contributed by atoms with Crippen LogP contribution < -0.4 is 15.4 Å². The average molecular weight is 381 g/mol. The van der Waals surface area contributed by atoms with Crippen LogP contribution in [0.5, 0.6) is 5.75 Å². The third-order valence-electron chi connectivity index (χ3n) is 3.50. The Morgan fingerprint density at radius 3 is 2.76 bits per heavy atom. The summed E-state index contributed by atoms with van der Waals surface area (Å²) in [4.78, 5) is 10.4. The smallest absolute Gasteiger partial charge is 0.191 e. The number of rotatable bonds is 8. The van der Waals surface area contributed by atoms with Crippen LogP contribution in [0.15, 0.2) is 29.3 Å². The maximum Gasteiger partial charge on any atom is 0.191 e. The Kier molecular flexibility index (Phi) is 8.01. The highest BCUT2D eigenvalue weighted by atomic mass is 35.5. The highest BCUT2D eigenvalue weighted by Gasteiger charge is 2.04. The second kappa shape index (κ2) is 10.3. The van der Waals surface area contributed by atoms with Gasteiger partial charge in [-0.2, -0.15) is 0 Å². The highest BCUT2D eigenvalue weighted by Crippen LogP contribution is 2.22. The van der Waals surface area contributed by atoms with E-state index in [1.165, 1.54) is 4.88 Å². The molecule has 136 valence electrons. The van der Waals surface area contributed by atoms with E-state index in [4.69, 9.17) is 16.3 Å². The Bertz CT molecular complexity index is 683. The summed E-state index contributed by atoms with van der Waals surface area (Å²) in [6, 6.07) is 7.47. The Hall–Kier alpha value is -1.79. The van der Waals surface area contributed by atoms with Crippen LogP contribution in [0.3, 0.4) is 0 Å². The van der Waals surface area contributed by atoms with Crippen molar-refractivity contribution in [1.29, 1.82) is 0 Å². The first kappa shape index (κ1) is 19.5. The fourth-order valence-electron chi connectivity index (χ4n) is 2.14. The van der Waals surface area contributed by atoms with Gasteiger partial charge in [-0.05, 0) is 32.9 Å². The predicted octanol–water partition coefficient (Wildman–Crippen LogP) is 3.59. The zero-order chi connectivity index (χ0) is 18.1. The van der Waals surface area contributed by atoms with Gasteiger partial charge in [-0.1, -0.05) is 23.7 Å². The van der Waals surface area contributed by atoms with Crippen LogP contribution in [0.2, 0.25) is 5.02 Å². The van der Waals surface area contributed by atoms with Crippen LogP contribution in [-0.2, 0) is 6.42 Å². The Labute approximate surface area is 158 Å². The van der Waals surface area contributed by atoms with E-state index in [-0.39, 0.29) is 0 Å². The average Bonchev–Trinajstić information content (AvgIpc) is 2.91. The number of guanidine groups is 1. The van der Waals surface area contributed by atoms with Crippen LogP contribution in [0.25, 0.3) is 0 Å². The van der Waals surface area contributed by atoms with E-state index in [9.17, 15) is 0 Å². The zero-order valence-corrected chi connectivity index (χ0v) is 16.5. The molecule has 2 aromatic rings. The van der Waals surface area contributed by atoms with Crippen molar-refractivity contribution >= 4 is 28.9 Å². The van der Waals surface area contributed by atoms with Gasteiger partial charge in [-0.25, -0.2) is 4.98 Å². The van der Waals surface area contributed by atoms with Gasteiger partial charge in [-0.15, -0.1) is 11.3 Å². The van der Waals surface area contributed by atoms with Crippen molar-refractivity contribution in [2.24, 2.45) is 4.99 Å². The summed E-state index contributed by atoms with van der Waals surface area (Å²) in [6.45, 7) is 8.86. The molecule has 0 saturated heterocycles. The number of aliphatic imine (C=N–C) groups is 1. The molecule has 2 rings (SSSR count). The SMILES string of the molecule is CCNC(=NCCc1nc(C)c(C)s1)NCCOc1ccccc1Cl. The van der Waals surface area contributed by atoms with E-state index >= 15 is 0 Å². The van der Waals surface area contributed by atoms with Crippen molar-refractivity contribution in [1.82, 2.24) is 15.6 Å². The first-order chi connectivity index (χ1) is 12.1. The monoisotopic (exact) mass is 380 g/mol. The lowest BCUT2D eigenvalue weighted by Crippen LogP contribution is -2.39. The number of nitrogens with one attached hydrogen (secondary N) is 2. The minimum atomic E-state index is 0.513. The van der Waals surface area contributed by atoms with E-state index in [0.29, 0.717) is 30.5 Å². The van der Waals surface area contributed by atoms with E-state index in [0.717, 1.165) is 29.6 Å². The van der Waals surface area contributed by atoms with Gasteiger partial charge >= 0.3 is 0 Å². The molecule has 0 amide bonds. The third-order valence-corrected chi connectivity index (χ3v) is 4.95. The molecule has 2 N–H and O–H groups in total. The van der Waals surface area contributed by atoms with Crippen molar-refractivity contribution in [2.75, 3.05) is 26.2 Å². The molecule has 0 aliphatic heterocycles. The minimum Gasteiger partial charge on any atom is -0.490 e. The van der Waals surface area contributed by atoms with Gasteiger partial charge in [0.2, 0.25) is 0 Å². The lowest BCUT2D eigenvalue weighted by molar-refractivity contribution is 0.322. The largest absolute Gasteiger partial charge is 0.490 e. The summed E-state index contributed by atoms with van der Waals surface area (Å²) in [7, 11) is 0. The highest BCUT2D eigenvalue weighted by molar-refractivity contribution is 7.11. The predicted molar refractivity (Wildman–Crippen MR) is 106 cm³/mol. The van der Waals surface area contributed by atoms with Crippen LogP contribution in [0, 0.1) is 13.8 Å². The van der Waals surface area contributed by atoms with E-state index in [2.05, 4.69) is 27.5 Å². The Balaban J connectivity index is 1.76. The molecular formula is C18H25ClN4OS. The summed E-state index contributed by atoms with van der Waals surface area (Å²) < 4.78 is 5.67. The van der Waals surface area contributed by atoms with Crippen molar-refractivity contribution in [2.45, 2.75) is 27.2 Å². The lowest BCUT2D eigenvalue weighted by atomic mass is 10.3. The molecule has 0 spiro atoms. The Morgan fingerprint density at radius 1 is 1.28 bits per heavy atom. The van der Waals surface area contributed by atoms with Crippen molar-refractivity contribution in [3.8, 4) is 5.75 Å². The van der Waals surface area contributed by atoms with Crippen molar-refractivity contribution in [3.63, 3.8) is 0 Å². The van der Waals surface area contributed by atoms with Crippen LogP contribution in [0.4, 0.5) is 0 Å². The molecule has 1 aromatic heterocycles. The van der Waals surface area contributed by atoms with Crippen LogP contribution in [0.1, 0.15) is 22.5 Å². The van der Waals surface area contributed by atoms with Gasteiger partial charge in [0.25, 0.3) is 0 Å². The maximum atomic E-state index is 6.07. The number of thiazole rings is 1. The molecule has 0 saturated carbocycles. The number of ether oxygens (including phenoxy) is 1. The molecule has 0 aliphatic rings. The number of benzene rings is 1. The molecule has 1 heterocycles. The molecule has 0 atom stereocenters.